The molecular weight excluding hydrogens is 317 g/mol. The van der Waals surface area contributed by atoms with Crippen molar-refractivity contribution in [2.75, 3.05) is 25.9 Å². The van der Waals surface area contributed by atoms with Crippen LogP contribution in [0, 0.1) is 5.82 Å². The van der Waals surface area contributed by atoms with E-state index in [1.807, 2.05) is 13.8 Å². The van der Waals surface area contributed by atoms with Gasteiger partial charge in [-0.25, -0.2) is 9.18 Å². The highest BCUT2D eigenvalue weighted by Gasteiger charge is 2.32. The van der Waals surface area contributed by atoms with Crippen LogP contribution in [0.3, 0.4) is 0 Å². The molecule has 0 aliphatic carbocycles. The SMILES string of the molecule is CC(C)NC(=O)N(C)CCN1C(=O)CSC1c1ccc(F)cc1. The zero-order valence-corrected chi connectivity index (χ0v) is 14.4. The quantitative estimate of drug-likeness (QED) is 0.896. The van der Waals surface area contributed by atoms with Crippen molar-refractivity contribution in [1.82, 2.24) is 15.1 Å². The summed E-state index contributed by atoms with van der Waals surface area (Å²) < 4.78 is 13.1. The number of nitrogens with zero attached hydrogens (tertiary/aromatic N) is 2. The minimum absolute atomic E-state index is 0.0435. The highest BCUT2D eigenvalue weighted by Crippen LogP contribution is 2.38. The zero-order valence-electron chi connectivity index (χ0n) is 13.6. The molecule has 1 aromatic rings. The summed E-state index contributed by atoms with van der Waals surface area (Å²) in [6.45, 7) is 4.70. The van der Waals surface area contributed by atoms with Gasteiger partial charge in [0.1, 0.15) is 11.2 Å². The number of hydrogen-bond acceptors (Lipinski definition) is 3. The van der Waals surface area contributed by atoms with Crippen molar-refractivity contribution in [2.45, 2.75) is 25.3 Å². The molecule has 1 fully saturated rings. The minimum atomic E-state index is -0.292. The lowest BCUT2D eigenvalue weighted by Crippen LogP contribution is -2.44. The molecular formula is C16H22FN3O2S. The van der Waals surface area contributed by atoms with Crippen molar-refractivity contribution in [2.24, 2.45) is 0 Å². The van der Waals surface area contributed by atoms with Crippen LogP contribution in [0.2, 0.25) is 0 Å². The molecule has 2 rings (SSSR count). The molecule has 0 bridgehead atoms. The number of carbonyl (C=O) groups is 2. The standard InChI is InChI=1S/C16H22FN3O2S/c1-11(2)18-16(22)19(3)8-9-20-14(21)10-23-15(20)12-4-6-13(17)7-5-12/h4-7,11,15H,8-10H2,1-3H3,(H,18,22). The maximum atomic E-state index is 13.1. The third-order valence-corrected chi connectivity index (χ3v) is 4.81. The van der Waals surface area contributed by atoms with Crippen molar-refractivity contribution in [1.29, 1.82) is 0 Å². The predicted molar refractivity (Wildman–Crippen MR) is 89.6 cm³/mol. The normalized spacial score (nSPS) is 17.7. The highest BCUT2D eigenvalue weighted by molar-refractivity contribution is 8.00. The third-order valence-electron chi connectivity index (χ3n) is 3.56. The van der Waals surface area contributed by atoms with Crippen LogP contribution >= 0.6 is 11.8 Å². The van der Waals surface area contributed by atoms with Gasteiger partial charge >= 0.3 is 6.03 Å². The summed E-state index contributed by atoms with van der Waals surface area (Å²) in [5, 5.41) is 2.69. The molecule has 1 aliphatic rings. The average molecular weight is 339 g/mol. The summed E-state index contributed by atoms with van der Waals surface area (Å²) in [7, 11) is 1.71. The number of likely N-dealkylation sites (N-methyl/N-ethyl adjacent to an activating group) is 1. The molecule has 1 atom stereocenters. The number of nitrogens with one attached hydrogen (secondary N) is 1. The third kappa shape index (κ3) is 4.60. The number of halogens is 1. The number of rotatable bonds is 5. The number of benzene rings is 1. The molecule has 23 heavy (non-hydrogen) atoms. The number of thioether (sulfide) groups is 1. The van der Waals surface area contributed by atoms with E-state index in [1.165, 1.54) is 23.9 Å². The molecule has 7 heteroatoms. The van der Waals surface area contributed by atoms with Crippen LogP contribution in [0.15, 0.2) is 24.3 Å². The monoisotopic (exact) mass is 339 g/mol. The second kappa shape index (κ2) is 7.68. The Morgan fingerprint density at radius 1 is 1.43 bits per heavy atom. The Bertz CT molecular complexity index is 565. The van der Waals surface area contributed by atoms with Crippen LogP contribution in [0.4, 0.5) is 9.18 Å². The number of carbonyl (C=O) groups excluding carboxylic acids is 2. The molecule has 1 aromatic carbocycles. The van der Waals surface area contributed by atoms with Crippen LogP contribution in [-0.4, -0.2) is 53.7 Å². The first-order valence-electron chi connectivity index (χ1n) is 7.56. The van der Waals surface area contributed by atoms with Gasteiger partial charge in [-0.05, 0) is 31.5 Å². The average Bonchev–Trinajstić information content (AvgIpc) is 2.86. The van der Waals surface area contributed by atoms with Crippen LogP contribution in [-0.2, 0) is 4.79 Å². The van der Waals surface area contributed by atoms with Crippen LogP contribution in [0.5, 0.6) is 0 Å². The zero-order chi connectivity index (χ0) is 17.0. The highest BCUT2D eigenvalue weighted by atomic mass is 32.2. The predicted octanol–water partition coefficient (Wildman–Crippen LogP) is 2.45. The Morgan fingerprint density at radius 3 is 2.70 bits per heavy atom. The van der Waals surface area contributed by atoms with E-state index < -0.39 is 0 Å². The van der Waals surface area contributed by atoms with Gasteiger partial charge in [-0.15, -0.1) is 11.8 Å². The summed E-state index contributed by atoms with van der Waals surface area (Å²) in [6, 6.07) is 6.12. The first-order chi connectivity index (χ1) is 10.9. The van der Waals surface area contributed by atoms with E-state index >= 15 is 0 Å². The summed E-state index contributed by atoms with van der Waals surface area (Å²) in [5.41, 5.74) is 0.900. The molecule has 1 saturated heterocycles. The molecule has 0 radical (unpaired) electrons. The first-order valence-corrected chi connectivity index (χ1v) is 8.61. The Kier molecular flexibility index (Phi) is 5.87. The summed E-state index contributed by atoms with van der Waals surface area (Å²) in [4.78, 5) is 27.3. The Morgan fingerprint density at radius 2 is 2.09 bits per heavy atom. The van der Waals surface area contributed by atoms with Crippen molar-refractivity contribution in [3.05, 3.63) is 35.6 Å². The fraction of sp³-hybridized carbons (Fsp3) is 0.500. The van der Waals surface area contributed by atoms with Gasteiger partial charge in [0, 0.05) is 26.2 Å². The molecule has 1 heterocycles. The van der Waals surface area contributed by atoms with Crippen LogP contribution in [0.1, 0.15) is 24.8 Å². The molecule has 5 nitrogen and oxygen atoms in total. The Hall–Kier alpha value is -1.76. The molecule has 1 aliphatic heterocycles. The van der Waals surface area contributed by atoms with Gasteiger partial charge in [0.05, 0.1) is 5.75 Å². The molecule has 126 valence electrons. The fourth-order valence-corrected chi connectivity index (χ4v) is 3.53. The van der Waals surface area contributed by atoms with Gasteiger partial charge in [0.15, 0.2) is 0 Å². The van der Waals surface area contributed by atoms with Gasteiger partial charge in [-0.2, -0.15) is 0 Å². The first kappa shape index (κ1) is 17.6. The molecule has 1 unspecified atom stereocenters. The second-order valence-corrected chi connectivity index (χ2v) is 6.90. The smallest absolute Gasteiger partial charge is 0.317 e. The largest absolute Gasteiger partial charge is 0.336 e. The fourth-order valence-electron chi connectivity index (χ4n) is 2.32. The summed E-state index contributed by atoms with van der Waals surface area (Å²) in [6.07, 6.45) is 0. The van der Waals surface area contributed by atoms with E-state index in [0.29, 0.717) is 18.8 Å². The van der Waals surface area contributed by atoms with Crippen molar-refractivity contribution in [3.63, 3.8) is 0 Å². The maximum absolute atomic E-state index is 13.1. The number of urea groups is 1. The molecule has 0 aromatic heterocycles. The van der Waals surface area contributed by atoms with Gasteiger partial charge < -0.3 is 15.1 Å². The summed E-state index contributed by atoms with van der Waals surface area (Å²) in [5.74, 6) is 0.158. The van der Waals surface area contributed by atoms with Gasteiger partial charge in [-0.1, -0.05) is 12.1 Å². The van der Waals surface area contributed by atoms with E-state index in [-0.39, 0.29) is 29.2 Å². The molecule has 1 N–H and O–H groups in total. The van der Waals surface area contributed by atoms with Gasteiger partial charge in [-0.3, -0.25) is 4.79 Å². The van der Waals surface area contributed by atoms with Gasteiger partial charge in [0.2, 0.25) is 5.91 Å². The number of hydrogen-bond donors (Lipinski definition) is 1. The Balaban J connectivity index is 1.97. The van der Waals surface area contributed by atoms with Crippen molar-refractivity contribution in [3.8, 4) is 0 Å². The Labute approximate surface area is 140 Å². The summed E-state index contributed by atoms with van der Waals surface area (Å²) >= 11 is 1.52. The van der Waals surface area contributed by atoms with Crippen molar-refractivity contribution >= 4 is 23.7 Å². The van der Waals surface area contributed by atoms with Gasteiger partial charge in [0.25, 0.3) is 0 Å². The van der Waals surface area contributed by atoms with Crippen molar-refractivity contribution < 1.29 is 14.0 Å². The molecule has 0 saturated carbocycles. The maximum Gasteiger partial charge on any atom is 0.317 e. The van der Waals surface area contributed by atoms with E-state index in [2.05, 4.69) is 5.32 Å². The lowest BCUT2D eigenvalue weighted by Gasteiger charge is -2.27. The van der Waals surface area contributed by atoms with E-state index in [1.54, 1.807) is 29.0 Å². The minimum Gasteiger partial charge on any atom is -0.336 e. The van der Waals surface area contributed by atoms with E-state index in [0.717, 1.165) is 5.56 Å². The lowest BCUT2D eigenvalue weighted by molar-refractivity contribution is -0.128. The van der Waals surface area contributed by atoms with Crippen LogP contribution in [0.25, 0.3) is 0 Å². The number of amides is 3. The topological polar surface area (TPSA) is 52.7 Å². The second-order valence-electron chi connectivity index (χ2n) is 5.83. The molecule has 0 spiro atoms. The van der Waals surface area contributed by atoms with Crippen LogP contribution < -0.4 is 5.32 Å². The van der Waals surface area contributed by atoms with E-state index in [9.17, 15) is 14.0 Å². The lowest BCUT2D eigenvalue weighted by atomic mass is 10.2. The molecule has 3 amide bonds. The van der Waals surface area contributed by atoms with E-state index in [4.69, 9.17) is 0 Å².